The van der Waals surface area contributed by atoms with E-state index in [0.717, 1.165) is 10.9 Å². The number of carbonyl (C=O) groups excluding carboxylic acids is 1. The number of nitrogens with zero attached hydrogens (tertiary/aromatic N) is 1. The van der Waals surface area contributed by atoms with Crippen LogP contribution < -0.4 is 0 Å². The third-order valence-electron chi connectivity index (χ3n) is 1.74. The molecule has 0 atom stereocenters. The first kappa shape index (κ1) is 7.03. The highest BCUT2D eigenvalue weighted by Crippen LogP contribution is 2.14. The lowest BCUT2D eigenvalue weighted by Crippen LogP contribution is -1.91. The minimum absolute atomic E-state index is 0.0270. The maximum atomic E-state index is 11.0. The van der Waals surface area contributed by atoms with E-state index in [0.29, 0.717) is 5.69 Å². The standard InChI is InChI=1S/C9H7N2O/c1-6(12)9-7-4-2-3-5-8(7)10-11-9/h3-5H,1H3,(H,10,11). The van der Waals surface area contributed by atoms with Crippen LogP contribution in [0.2, 0.25) is 0 Å². The van der Waals surface area contributed by atoms with Crippen LogP contribution in [-0.4, -0.2) is 16.0 Å². The predicted molar refractivity (Wildman–Crippen MR) is 44.9 cm³/mol. The molecule has 3 heteroatoms. The number of aromatic nitrogens is 2. The van der Waals surface area contributed by atoms with E-state index in [1.54, 1.807) is 12.1 Å². The molecule has 0 unspecified atom stereocenters. The van der Waals surface area contributed by atoms with Crippen LogP contribution in [0.25, 0.3) is 10.9 Å². The predicted octanol–water partition coefficient (Wildman–Crippen LogP) is 1.57. The van der Waals surface area contributed by atoms with Gasteiger partial charge < -0.3 is 0 Å². The van der Waals surface area contributed by atoms with Gasteiger partial charge in [0, 0.05) is 12.3 Å². The average molecular weight is 159 g/mol. The van der Waals surface area contributed by atoms with E-state index in [1.807, 2.05) is 6.07 Å². The third-order valence-corrected chi connectivity index (χ3v) is 1.74. The molecule has 1 N–H and O–H groups in total. The van der Waals surface area contributed by atoms with Crippen molar-refractivity contribution in [2.45, 2.75) is 6.92 Å². The zero-order valence-corrected chi connectivity index (χ0v) is 6.59. The molecule has 2 aromatic rings. The molecule has 0 spiro atoms. The highest BCUT2D eigenvalue weighted by Gasteiger charge is 2.07. The summed E-state index contributed by atoms with van der Waals surface area (Å²) in [5.74, 6) is -0.0270. The Hall–Kier alpha value is -1.64. The molecule has 0 aliphatic carbocycles. The van der Waals surface area contributed by atoms with Crippen LogP contribution in [0.4, 0.5) is 0 Å². The molecule has 0 aliphatic heterocycles. The second kappa shape index (κ2) is 2.44. The number of rotatable bonds is 1. The van der Waals surface area contributed by atoms with Gasteiger partial charge in [-0.05, 0) is 18.2 Å². The van der Waals surface area contributed by atoms with Crippen molar-refractivity contribution in [3.8, 4) is 0 Å². The number of ketones is 1. The molecule has 0 bridgehead atoms. The molecule has 3 nitrogen and oxygen atoms in total. The topological polar surface area (TPSA) is 45.8 Å². The maximum Gasteiger partial charge on any atom is 0.180 e. The lowest BCUT2D eigenvalue weighted by molar-refractivity contribution is 0.101. The van der Waals surface area contributed by atoms with E-state index >= 15 is 0 Å². The summed E-state index contributed by atoms with van der Waals surface area (Å²) in [5, 5.41) is 7.52. The Morgan fingerprint density at radius 2 is 2.50 bits per heavy atom. The van der Waals surface area contributed by atoms with E-state index in [-0.39, 0.29) is 5.78 Å². The number of carbonyl (C=O) groups is 1. The molecule has 2 rings (SSSR count). The average Bonchev–Trinajstić information content (AvgIpc) is 2.47. The third kappa shape index (κ3) is 0.906. The van der Waals surface area contributed by atoms with Crippen LogP contribution in [0.15, 0.2) is 18.2 Å². The molecule has 1 aromatic heterocycles. The second-order valence-electron chi connectivity index (χ2n) is 2.60. The fourth-order valence-electron chi connectivity index (χ4n) is 1.17. The SMILES string of the molecule is CC(=O)c1n[nH]c2cc[c]cc12. The summed E-state index contributed by atoms with van der Waals surface area (Å²) in [6, 6.07) is 8.29. The Morgan fingerprint density at radius 3 is 3.25 bits per heavy atom. The number of nitrogens with one attached hydrogen (secondary N) is 1. The number of hydrogen-bond acceptors (Lipinski definition) is 2. The fraction of sp³-hybridized carbons (Fsp3) is 0.111. The van der Waals surface area contributed by atoms with Crippen molar-refractivity contribution in [2.75, 3.05) is 0 Å². The number of Topliss-reactive ketones (excluding diaryl/α,β-unsaturated/α-hetero) is 1. The number of H-pyrrole nitrogens is 1. The van der Waals surface area contributed by atoms with Gasteiger partial charge in [-0.25, -0.2) is 0 Å². The van der Waals surface area contributed by atoms with Crippen molar-refractivity contribution in [1.82, 2.24) is 10.2 Å². The summed E-state index contributed by atoms with van der Waals surface area (Å²) in [7, 11) is 0. The first-order valence-corrected chi connectivity index (χ1v) is 3.64. The van der Waals surface area contributed by atoms with E-state index in [2.05, 4.69) is 16.3 Å². The Balaban J connectivity index is 2.79. The smallest absolute Gasteiger partial charge is 0.180 e. The summed E-state index contributed by atoms with van der Waals surface area (Å²) < 4.78 is 0. The highest BCUT2D eigenvalue weighted by atomic mass is 16.1. The number of aromatic amines is 1. The normalized spacial score (nSPS) is 10.4. The van der Waals surface area contributed by atoms with Crippen LogP contribution in [0, 0.1) is 6.07 Å². The van der Waals surface area contributed by atoms with Crippen LogP contribution in [0.1, 0.15) is 17.4 Å². The summed E-state index contributed by atoms with van der Waals surface area (Å²) in [6.07, 6.45) is 0. The number of fused-ring (bicyclic) bond motifs is 1. The van der Waals surface area contributed by atoms with Gasteiger partial charge in [-0.2, -0.15) is 5.10 Å². The Morgan fingerprint density at radius 1 is 1.67 bits per heavy atom. The first-order chi connectivity index (χ1) is 5.79. The van der Waals surface area contributed by atoms with Crippen molar-refractivity contribution in [3.63, 3.8) is 0 Å². The zero-order valence-electron chi connectivity index (χ0n) is 6.59. The summed E-state index contributed by atoms with van der Waals surface area (Å²) in [5.41, 5.74) is 1.36. The van der Waals surface area contributed by atoms with Crippen molar-refractivity contribution in [3.05, 3.63) is 30.0 Å². The molecular formula is C9H7N2O. The van der Waals surface area contributed by atoms with Gasteiger partial charge in [0.1, 0.15) is 5.69 Å². The molecule has 59 valence electrons. The molecule has 1 radical (unpaired) electrons. The van der Waals surface area contributed by atoms with Crippen molar-refractivity contribution in [2.24, 2.45) is 0 Å². The molecule has 12 heavy (non-hydrogen) atoms. The molecule has 1 aromatic carbocycles. The van der Waals surface area contributed by atoms with Crippen molar-refractivity contribution >= 4 is 16.7 Å². The van der Waals surface area contributed by atoms with Gasteiger partial charge in [0.05, 0.1) is 5.52 Å². The lowest BCUT2D eigenvalue weighted by Gasteiger charge is -1.87. The Labute approximate surface area is 69.4 Å². The monoisotopic (exact) mass is 159 g/mol. The number of benzene rings is 1. The first-order valence-electron chi connectivity index (χ1n) is 3.64. The summed E-state index contributed by atoms with van der Waals surface area (Å²) >= 11 is 0. The fourth-order valence-corrected chi connectivity index (χ4v) is 1.17. The van der Waals surface area contributed by atoms with E-state index in [4.69, 9.17) is 0 Å². The Kier molecular flexibility index (Phi) is 1.43. The van der Waals surface area contributed by atoms with Crippen LogP contribution in [-0.2, 0) is 0 Å². The molecule has 0 aliphatic rings. The second-order valence-corrected chi connectivity index (χ2v) is 2.60. The largest absolute Gasteiger partial charge is 0.293 e. The maximum absolute atomic E-state index is 11.0. The lowest BCUT2D eigenvalue weighted by atomic mass is 10.2. The van der Waals surface area contributed by atoms with E-state index in [9.17, 15) is 4.79 Å². The molecular weight excluding hydrogens is 152 g/mol. The van der Waals surface area contributed by atoms with Gasteiger partial charge in [0.15, 0.2) is 5.78 Å². The molecule has 0 saturated heterocycles. The van der Waals surface area contributed by atoms with Crippen molar-refractivity contribution < 1.29 is 4.79 Å². The molecule has 0 saturated carbocycles. The summed E-state index contributed by atoms with van der Waals surface area (Å²) in [6.45, 7) is 1.50. The van der Waals surface area contributed by atoms with Gasteiger partial charge in [-0.15, -0.1) is 0 Å². The zero-order chi connectivity index (χ0) is 8.55. The molecule has 0 fully saturated rings. The van der Waals surface area contributed by atoms with E-state index < -0.39 is 0 Å². The minimum Gasteiger partial charge on any atom is -0.293 e. The van der Waals surface area contributed by atoms with E-state index in [1.165, 1.54) is 6.92 Å². The minimum atomic E-state index is -0.0270. The van der Waals surface area contributed by atoms with Gasteiger partial charge in [0.2, 0.25) is 0 Å². The Bertz CT molecular complexity index is 431. The summed E-state index contributed by atoms with van der Waals surface area (Å²) in [4.78, 5) is 11.0. The molecule has 0 amide bonds. The van der Waals surface area contributed by atoms with Crippen LogP contribution >= 0.6 is 0 Å². The van der Waals surface area contributed by atoms with Crippen LogP contribution in [0.3, 0.4) is 0 Å². The van der Waals surface area contributed by atoms with Gasteiger partial charge >= 0.3 is 0 Å². The van der Waals surface area contributed by atoms with Crippen molar-refractivity contribution in [1.29, 1.82) is 0 Å². The van der Waals surface area contributed by atoms with Gasteiger partial charge in [-0.3, -0.25) is 9.89 Å². The van der Waals surface area contributed by atoms with Gasteiger partial charge in [0.25, 0.3) is 0 Å². The quantitative estimate of drug-likeness (QED) is 0.642. The van der Waals surface area contributed by atoms with Crippen LogP contribution in [0.5, 0.6) is 0 Å². The highest BCUT2D eigenvalue weighted by molar-refractivity contribution is 6.04. The number of hydrogen-bond donors (Lipinski definition) is 1. The molecule has 1 heterocycles. The van der Waals surface area contributed by atoms with Gasteiger partial charge in [-0.1, -0.05) is 6.07 Å².